The molecule has 0 atom stereocenters. The van der Waals surface area contributed by atoms with Gasteiger partial charge in [-0.15, -0.1) is 11.3 Å². The van der Waals surface area contributed by atoms with Gasteiger partial charge in [-0.1, -0.05) is 32.9 Å². The second kappa shape index (κ2) is 9.95. The molecule has 0 spiro atoms. The first-order valence-corrected chi connectivity index (χ1v) is 12.4. The summed E-state index contributed by atoms with van der Waals surface area (Å²) in [7, 11) is 0. The van der Waals surface area contributed by atoms with E-state index >= 15 is 0 Å². The summed E-state index contributed by atoms with van der Waals surface area (Å²) in [6.07, 6.45) is 7.09. The minimum atomic E-state index is -0.103. The smallest absolute Gasteiger partial charge is 0.263 e. The monoisotopic (exact) mass is 489 g/mol. The molecule has 0 bridgehead atoms. The number of amides is 1. The molecular formula is C26H31N7OS. The first kappa shape index (κ1) is 24.5. The van der Waals surface area contributed by atoms with Gasteiger partial charge in [0.15, 0.2) is 0 Å². The molecule has 1 amide bonds. The molecule has 9 heteroatoms. The second-order valence-corrected chi connectivity index (χ2v) is 10.8. The predicted octanol–water partition coefficient (Wildman–Crippen LogP) is 5.66. The van der Waals surface area contributed by atoms with Crippen molar-refractivity contribution in [2.24, 2.45) is 0 Å². The zero-order chi connectivity index (χ0) is 25.2. The lowest BCUT2D eigenvalue weighted by Gasteiger charge is -2.13. The maximum Gasteiger partial charge on any atom is 0.263 e. The maximum absolute atomic E-state index is 12.6. The SMILES string of the molecule is Cc1cc(-c2ccnc(Nc3cnn(C(C)C)c3)n2)ccc1CNC(=O)c1cnc(C(C)(C)C)s1. The van der Waals surface area contributed by atoms with E-state index in [0.29, 0.717) is 17.4 Å². The molecule has 0 radical (unpaired) electrons. The highest BCUT2D eigenvalue weighted by Gasteiger charge is 2.20. The van der Waals surface area contributed by atoms with Crippen molar-refractivity contribution in [2.75, 3.05) is 5.32 Å². The van der Waals surface area contributed by atoms with Gasteiger partial charge in [-0.25, -0.2) is 15.0 Å². The van der Waals surface area contributed by atoms with Gasteiger partial charge in [0.1, 0.15) is 4.88 Å². The van der Waals surface area contributed by atoms with Gasteiger partial charge in [0.05, 0.1) is 28.8 Å². The Bertz CT molecular complexity index is 1330. The molecule has 35 heavy (non-hydrogen) atoms. The topological polar surface area (TPSA) is 97.6 Å². The third-order valence-corrected chi connectivity index (χ3v) is 6.91. The summed E-state index contributed by atoms with van der Waals surface area (Å²) < 4.78 is 1.88. The van der Waals surface area contributed by atoms with E-state index in [0.717, 1.165) is 33.1 Å². The summed E-state index contributed by atoms with van der Waals surface area (Å²) in [5.41, 5.74) is 4.70. The standard InChI is InChI=1S/C26H31N7OS/c1-16(2)33-15-20(13-30-33)31-25-27-10-9-21(32-25)18-7-8-19(17(3)11-18)12-28-23(34)22-14-29-24(35-22)26(4,5)6/h7-11,13-16H,12H2,1-6H3,(H,28,34)(H,27,31,32). The molecule has 2 N–H and O–H groups in total. The molecule has 0 fully saturated rings. The lowest BCUT2D eigenvalue weighted by Crippen LogP contribution is -2.22. The van der Waals surface area contributed by atoms with Crippen LogP contribution in [0.15, 0.2) is 49.1 Å². The number of carbonyl (C=O) groups excluding carboxylic acids is 1. The molecular weight excluding hydrogens is 458 g/mol. The molecule has 0 unspecified atom stereocenters. The fourth-order valence-corrected chi connectivity index (χ4v) is 4.33. The zero-order valence-electron chi connectivity index (χ0n) is 21.0. The van der Waals surface area contributed by atoms with Crippen LogP contribution in [0.4, 0.5) is 11.6 Å². The zero-order valence-corrected chi connectivity index (χ0v) is 21.8. The molecule has 4 aromatic rings. The normalized spacial score (nSPS) is 11.6. The number of nitrogens with one attached hydrogen (secondary N) is 2. The van der Waals surface area contributed by atoms with Gasteiger partial charge in [0.2, 0.25) is 5.95 Å². The molecule has 4 rings (SSSR count). The number of aryl methyl sites for hydroxylation is 1. The van der Waals surface area contributed by atoms with Crippen LogP contribution in [0, 0.1) is 6.92 Å². The number of nitrogens with zero attached hydrogens (tertiary/aromatic N) is 5. The average Bonchev–Trinajstić information content (AvgIpc) is 3.48. The molecule has 0 saturated carbocycles. The Kier molecular flexibility index (Phi) is 6.98. The molecule has 0 aliphatic heterocycles. The summed E-state index contributed by atoms with van der Waals surface area (Å²) in [5.74, 6) is 0.410. The number of aromatic nitrogens is 5. The summed E-state index contributed by atoms with van der Waals surface area (Å²) in [5, 5.41) is 11.5. The lowest BCUT2D eigenvalue weighted by atomic mass is 9.98. The van der Waals surface area contributed by atoms with Crippen LogP contribution < -0.4 is 10.6 Å². The van der Waals surface area contributed by atoms with E-state index < -0.39 is 0 Å². The molecule has 3 heterocycles. The Balaban J connectivity index is 1.43. The van der Waals surface area contributed by atoms with Gasteiger partial charge in [-0.3, -0.25) is 9.48 Å². The minimum Gasteiger partial charge on any atom is -0.347 e. The molecule has 3 aromatic heterocycles. The Morgan fingerprint density at radius 3 is 2.60 bits per heavy atom. The van der Waals surface area contributed by atoms with Gasteiger partial charge in [-0.2, -0.15) is 5.10 Å². The second-order valence-electron chi connectivity index (χ2n) is 9.80. The first-order chi connectivity index (χ1) is 16.6. The first-order valence-electron chi connectivity index (χ1n) is 11.6. The fraction of sp³-hybridized carbons (Fsp3) is 0.346. The van der Waals surface area contributed by atoms with Crippen LogP contribution in [0.1, 0.15) is 66.5 Å². The number of thiazole rings is 1. The molecule has 8 nitrogen and oxygen atoms in total. The highest BCUT2D eigenvalue weighted by molar-refractivity contribution is 7.13. The lowest BCUT2D eigenvalue weighted by molar-refractivity contribution is 0.0954. The van der Waals surface area contributed by atoms with Crippen LogP contribution in [0.2, 0.25) is 0 Å². The number of hydrogen-bond acceptors (Lipinski definition) is 7. The highest BCUT2D eigenvalue weighted by atomic mass is 32.1. The van der Waals surface area contributed by atoms with Gasteiger partial charge in [0, 0.05) is 36.0 Å². The van der Waals surface area contributed by atoms with E-state index in [9.17, 15) is 4.79 Å². The van der Waals surface area contributed by atoms with Crippen LogP contribution >= 0.6 is 11.3 Å². The van der Waals surface area contributed by atoms with Crippen molar-refractivity contribution in [1.29, 1.82) is 0 Å². The molecule has 1 aromatic carbocycles. The van der Waals surface area contributed by atoms with E-state index in [1.807, 2.05) is 36.0 Å². The molecule has 0 saturated heterocycles. The summed E-state index contributed by atoms with van der Waals surface area (Å²) >= 11 is 1.44. The van der Waals surface area contributed by atoms with Crippen LogP contribution in [-0.4, -0.2) is 30.6 Å². The van der Waals surface area contributed by atoms with E-state index in [2.05, 4.69) is 71.4 Å². The van der Waals surface area contributed by atoms with Gasteiger partial charge in [0.25, 0.3) is 5.91 Å². The largest absolute Gasteiger partial charge is 0.347 e. The highest BCUT2D eigenvalue weighted by Crippen LogP contribution is 2.27. The summed E-state index contributed by atoms with van der Waals surface area (Å²) in [6, 6.07) is 8.29. The molecule has 0 aliphatic rings. The molecule has 182 valence electrons. The fourth-order valence-electron chi connectivity index (χ4n) is 3.44. The number of benzene rings is 1. The van der Waals surface area contributed by atoms with Crippen LogP contribution in [0.5, 0.6) is 0 Å². The Labute approximate surface area is 209 Å². The van der Waals surface area contributed by atoms with Crippen molar-refractivity contribution in [3.8, 4) is 11.3 Å². The average molecular weight is 490 g/mol. The van der Waals surface area contributed by atoms with Gasteiger partial charge >= 0.3 is 0 Å². The van der Waals surface area contributed by atoms with Crippen molar-refractivity contribution in [1.82, 2.24) is 30.0 Å². The van der Waals surface area contributed by atoms with Gasteiger partial charge in [-0.05, 0) is 44.0 Å². The number of rotatable bonds is 7. The van der Waals surface area contributed by atoms with Crippen molar-refractivity contribution < 1.29 is 4.79 Å². The van der Waals surface area contributed by atoms with E-state index in [1.165, 1.54) is 11.3 Å². The van der Waals surface area contributed by atoms with Crippen molar-refractivity contribution in [3.05, 3.63) is 70.1 Å². The van der Waals surface area contributed by atoms with Crippen LogP contribution in [0.25, 0.3) is 11.3 Å². The quantitative estimate of drug-likeness (QED) is 0.348. The van der Waals surface area contributed by atoms with Crippen LogP contribution in [-0.2, 0) is 12.0 Å². The van der Waals surface area contributed by atoms with E-state index in [4.69, 9.17) is 0 Å². The van der Waals surface area contributed by atoms with Crippen molar-refractivity contribution in [3.63, 3.8) is 0 Å². The summed E-state index contributed by atoms with van der Waals surface area (Å²) in [4.78, 5) is 26.6. The number of carbonyl (C=O) groups is 1. The van der Waals surface area contributed by atoms with Crippen molar-refractivity contribution >= 4 is 28.9 Å². The van der Waals surface area contributed by atoms with Gasteiger partial charge < -0.3 is 10.6 Å². The van der Waals surface area contributed by atoms with E-state index in [1.54, 1.807) is 18.6 Å². The van der Waals surface area contributed by atoms with Crippen molar-refractivity contribution in [2.45, 2.75) is 59.5 Å². The minimum absolute atomic E-state index is 0.0674. The van der Waals surface area contributed by atoms with Crippen LogP contribution in [0.3, 0.4) is 0 Å². The Morgan fingerprint density at radius 1 is 1.14 bits per heavy atom. The summed E-state index contributed by atoms with van der Waals surface area (Å²) in [6.45, 7) is 12.9. The third kappa shape index (κ3) is 5.92. The Hall–Kier alpha value is -3.59. The third-order valence-electron chi connectivity index (χ3n) is 5.49. The predicted molar refractivity (Wildman–Crippen MR) is 140 cm³/mol. The Morgan fingerprint density at radius 2 is 1.94 bits per heavy atom. The maximum atomic E-state index is 12.6. The number of hydrogen-bond donors (Lipinski definition) is 2. The number of anilines is 2. The van der Waals surface area contributed by atoms with E-state index in [-0.39, 0.29) is 17.4 Å². The molecule has 0 aliphatic carbocycles.